The van der Waals surface area contributed by atoms with Gasteiger partial charge in [-0.15, -0.1) is 11.8 Å². The number of nitrogens with zero attached hydrogens (tertiary/aromatic N) is 1. The van der Waals surface area contributed by atoms with E-state index in [0.29, 0.717) is 18.9 Å². The summed E-state index contributed by atoms with van der Waals surface area (Å²) in [6, 6.07) is 5.67. The largest absolute Gasteiger partial charge is 0.447 e. The normalized spacial score (nSPS) is 21.0. The lowest BCUT2D eigenvalue weighted by Crippen LogP contribution is -2.34. The number of hydrogen-bond acceptors (Lipinski definition) is 5. The van der Waals surface area contributed by atoms with Crippen LogP contribution in [-0.4, -0.2) is 36.9 Å². The molecule has 1 fully saturated rings. The third-order valence-corrected chi connectivity index (χ3v) is 4.65. The third-order valence-electron chi connectivity index (χ3n) is 3.58. The van der Waals surface area contributed by atoms with Crippen LogP contribution in [0.15, 0.2) is 23.1 Å². The fraction of sp³-hybridized carbons (Fsp3) is 0.429. The highest BCUT2D eigenvalue weighted by molar-refractivity contribution is 8.00. The molecular formula is C14H17N3O3S. The summed E-state index contributed by atoms with van der Waals surface area (Å²) in [5, 5.41) is 2.84. The Balaban J connectivity index is 1.86. The van der Waals surface area contributed by atoms with Gasteiger partial charge in [-0.3, -0.25) is 9.69 Å². The summed E-state index contributed by atoms with van der Waals surface area (Å²) in [6.45, 7) is 0.979. The predicted molar refractivity (Wildman–Crippen MR) is 81.7 cm³/mol. The molecule has 1 atom stereocenters. The van der Waals surface area contributed by atoms with Gasteiger partial charge in [-0.1, -0.05) is 0 Å². The van der Waals surface area contributed by atoms with E-state index in [4.69, 9.17) is 10.5 Å². The van der Waals surface area contributed by atoms with Crippen LogP contribution in [0.5, 0.6) is 0 Å². The maximum Gasteiger partial charge on any atom is 0.414 e. The van der Waals surface area contributed by atoms with Crippen LogP contribution in [-0.2, 0) is 9.53 Å². The van der Waals surface area contributed by atoms with Gasteiger partial charge in [-0.2, -0.15) is 0 Å². The first-order valence-corrected chi connectivity index (χ1v) is 7.90. The summed E-state index contributed by atoms with van der Waals surface area (Å²) in [5.74, 6) is 0.408. The highest BCUT2D eigenvalue weighted by atomic mass is 32.2. The first-order chi connectivity index (χ1) is 10.2. The molecule has 6 nitrogen and oxygen atoms in total. The summed E-state index contributed by atoms with van der Waals surface area (Å²) in [7, 11) is 0. The Bertz CT molecular complexity index is 579. The number of fused-ring (bicyclic) bond motifs is 1. The molecule has 1 saturated heterocycles. The zero-order valence-electron chi connectivity index (χ0n) is 11.5. The minimum absolute atomic E-state index is 0.00560. The van der Waals surface area contributed by atoms with Gasteiger partial charge in [0.1, 0.15) is 6.61 Å². The standard InChI is InChI=1S/C14H17N3O3S/c15-5-1-2-10-7-20-14(19)17(10)9-3-4-12-11(6-9)16-13(18)8-21-12/h3-4,6,10H,1-2,5,7-8,15H2,(H,16,18). The van der Waals surface area contributed by atoms with E-state index in [-0.39, 0.29) is 18.0 Å². The molecule has 0 aliphatic carbocycles. The smallest absolute Gasteiger partial charge is 0.414 e. The number of thioether (sulfide) groups is 1. The van der Waals surface area contributed by atoms with Crippen LogP contribution < -0.4 is 16.0 Å². The molecule has 2 heterocycles. The van der Waals surface area contributed by atoms with E-state index in [1.54, 1.807) is 4.90 Å². The zero-order valence-corrected chi connectivity index (χ0v) is 12.3. The van der Waals surface area contributed by atoms with Gasteiger partial charge in [0.05, 0.1) is 17.5 Å². The van der Waals surface area contributed by atoms with Crippen LogP contribution in [0.1, 0.15) is 12.8 Å². The molecule has 0 saturated carbocycles. The first-order valence-electron chi connectivity index (χ1n) is 6.92. The van der Waals surface area contributed by atoms with Crippen molar-refractivity contribution in [2.24, 2.45) is 5.73 Å². The second kappa shape index (κ2) is 5.95. The summed E-state index contributed by atoms with van der Waals surface area (Å²) in [4.78, 5) is 26.1. The Labute approximate surface area is 127 Å². The van der Waals surface area contributed by atoms with Gasteiger partial charge in [0.15, 0.2) is 0 Å². The summed E-state index contributed by atoms with van der Waals surface area (Å²) >= 11 is 1.50. The lowest BCUT2D eigenvalue weighted by atomic mass is 10.1. The Morgan fingerprint density at radius 1 is 1.43 bits per heavy atom. The molecule has 2 aliphatic rings. The molecule has 2 amide bonds. The Morgan fingerprint density at radius 2 is 2.29 bits per heavy atom. The molecular weight excluding hydrogens is 290 g/mol. The van der Waals surface area contributed by atoms with E-state index in [0.717, 1.165) is 29.1 Å². The third kappa shape index (κ3) is 2.84. The van der Waals surface area contributed by atoms with Crippen molar-refractivity contribution in [3.63, 3.8) is 0 Å². The minimum Gasteiger partial charge on any atom is -0.447 e. The predicted octanol–water partition coefficient (Wildman–Crippen LogP) is 1.79. The summed E-state index contributed by atoms with van der Waals surface area (Å²) < 4.78 is 5.15. The van der Waals surface area contributed by atoms with Crippen LogP contribution in [0.3, 0.4) is 0 Å². The van der Waals surface area contributed by atoms with Crippen molar-refractivity contribution >= 4 is 35.1 Å². The van der Waals surface area contributed by atoms with Gasteiger partial charge in [0, 0.05) is 10.6 Å². The van der Waals surface area contributed by atoms with E-state index in [9.17, 15) is 9.59 Å². The molecule has 3 N–H and O–H groups in total. The molecule has 1 aromatic carbocycles. The van der Waals surface area contributed by atoms with Crippen LogP contribution in [0, 0.1) is 0 Å². The van der Waals surface area contributed by atoms with Crippen molar-refractivity contribution in [2.75, 3.05) is 29.1 Å². The van der Waals surface area contributed by atoms with E-state index >= 15 is 0 Å². The molecule has 1 unspecified atom stereocenters. The molecule has 2 aliphatic heterocycles. The SMILES string of the molecule is NCCCC1COC(=O)N1c1ccc2c(c1)NC(=O)CS2. The molecule has 1 aromatic rings. The van der Waals surface area contributed by atoms with Gasteiger partial charge in [-0.05, 0) is 37.6 Å². The van der Waals surface area contributed by atoms with E-state index < -0.39 is 0 Å². The lowest BCUT2D eigenvalue weighted by Gasteiger charge is -2.24. The van der Waals surface area contributed by atoms with Crippen molar-refractivity contribution in [1.82, 2.24) is 0 Å². The Morgan fingerprint density at radius 3 is 3.10 bits per heavy atom. The zero-order chi connectivity index (χ0) is 14.8. The lowest BCUT2D eigenvalue weighted by molar-refractivity contribution is -0.113. The number of benzene rings is 1. The minimum atomic E-state index is -0.341. The average Bonchev–Trinajstić information content (AvgIpc) is 2.85. The Hall–Kier alpha value is -1.73. The molecule has 0 spiro atoms. The number of nitrogens with one attached hydrogen (secondary N) is 1. The fourth-order valence-electron chi connectivity index (χ4n) is 2.56. The summed E-state index contributed by atoms with van der Waals surface area (Å²) in [5.41, 5.74) is 7.04. The fourth-order valence-corrected chi connectivity index (χ4v) is 3.35. The number of cyclic esters (lactones) is 1. The van der Waals surface area contributed by atoms with Crippen molar-refractivity contribution in [1.29, 1.82) is 0 Å². The number of carbonyl (C=O) groups is 2. The maximum atomic E-state index is 12.0. The molecule has 0 radical (unpaired) electrons. The van der Waals surface area contributed by atoms with Gasteiger partial charge in [0.25, 0.3) is 0 Å². The topological polar surface area (TPSA) is 84.7 Å². The highest BCUT2D eigenvalue weighted by Crippen LogP contribution is 2.36. The number of hydrogen-bond donors (Lipinski definition) is 2. The van der Waals surface area contributed by atoms with Gasteiger partial charge >= 0.3 is 6.09 Å². The molecule has 0 aromatic heterocycles. The van der Waals surface area contributed by atoms with E-state index in [1.165, 1.54) is 11.8 Å². The summed E-state index contributed by atoms with van der Waals surface area (Å²) in [6.07, 6.45) is 1.31. The molecule has 21 heavy (non-hydrogen) atoms. The van der Waals surface area contributed by atoms with Gasteiger partial charge in [0.2, 0.25) is 5.91 Å². The molecule has 112 valence electrons. The van der Waals surface area contributed by atoms with Gasteiger partial charge in [-0.25, -0.2) is 4.79 Å². The number of rotatable bonds is 4. The second-order valence-electron chi connectivity index (χ2n) is 5.05. The number of carbonyl (C=O) groups excluding carboxylic acids is 2. The van der Waals surface area contributed by atoms with Crippen LogP contribution in [0.4, 0.5) is 16.2 Å². The monoisotopic (exact) mass is 307 g/mol. The van der Waals surface area contributed by atoms with E-state index in [1.807, 2.05) is 18.2 Å². The van der Waals surface area contributed by atoms with Gasteiger partial charge < -0.3 is 15.8 Å². The van der Waals surface area contributed by atoms with Crippen LogP contribution in [0.2, 0.25) is 0 Å². The van der Waals surface area contributed by atoms with E-state index in [2.05, 4.69) is 5.32 Å². The quantitative estimate of drug-likeness (QED) is 0.886. The maximum absolute atomic E-state index is 12.0. The van der Waals surface area contributed by atoms with Crippen molar-refractivity contribution in [3.8, 4) is 0 Å². The number of anilines is 2. The molecule has 0 bridgehead atoms. The first kappa shape index (κ1) is 14.2. The van der Waals surface area contributed by atoms with Crippen molar-refractivity contribution in [3.05, 3.63) is 18.2 Å². The number of amides is 2. The van der Waals surface area contributed by atoms with Crippen LogP contribution >= 0.6 is 11.8 Å². The number of ether oxygens (including phenoxy) is 1. The highest BCUT2D eigenvalue weighted by Gasteiger charge is 2.34. The van der Waals surface area contributed by atoms with Crippen molar-refractivity contribution in [2.45, 2.75) is 23.8 Å². The second-order valence-corrected chi connectivity index (χ2v) is 6.07. The van der Waals surface area contributed by atoms with Crippen molar-refractivity contribution < 1.29 is 14.3 Å². The Kier molecular flexibility index (Phi) is 4.03. The van der Waals surface area contributed by atoms with Crippen LogP contribution in [0.25, 0.3) is 0 Å². The number of nitrogens with two attached hydrogens (primary N) is 1. The molecule has 3 rings (SSSR count). The molecule has 7 heteroatoms. The average molecular weight is 307 g/mol.